The molecule has 1 heterocycles. The highest BCUT2D eigenvalue weighted by Crippen LogP contribution is 2.28. The quantitative estimate of drug-likeness (QED) is 0.801. The molecule has 0 radical (unpaired) electrons. The van der Waals surface area contributed by atoms with Crippen LogP contribution < -0.4 is 5.73 Å². The first kappa shape index (κ1) is 9.62. The molecule has 15 heavy (non-hydrogen) atoms. The molecule has 0 aliphatic heterocycles. The summed E-state index contributed by atoms with van der Waals surface area (Å²) in [5.74, 6) is -0.358. The Morgan fingerprint density at radius 2 is 2.27 bits per heavy atom. The molecular weight excluding hydrogens is 213 g/mol. The third-order valence-electron chi connectivity index (χ3n) is 1.84. The van der Waals surface area contributed by atoms with Crippen molar-refractivity contribution in [1.29, 1.82) is 5.26 Å². The van der Waals surface area contributed by atoms with Crippen LogP contribution in [0.2, 0.25) is 0 Å². The molecule has 1 aromatic carbocycles. The number of nitrogens with zero attached hydrogens (tertiary/aromatic N) is 2. The van der Waals surface area contributed by atoms with E-state index in [0.717, 1.165) is 11.3 Å². The summed E-state index contributed by atoms with van der Waals surface area (Å²) in [5.41, 5.74) is 6.51. The SMILES string of the molecule is N#Cc1sc(N)nc1-c1cccc(F)c1. The molecule has 0 aliphatic carbocycles. The Labute approximate surface area is 89.6 Å². The summed E-state index contributed by atoms with van der Waals surface area (Å²) in [7, 11) is 0. The fraction of sp³-hybridized carbons (Fsp3) is 0. The standard InChI is InChI=1S/C10H6FN3S/c11-7-3-1-2-6(4-7)9-8(5-12)15-10(13)14-9/h1-4H,(H2,13,14). The van der Waals surface area contributed by atoms with Crippen LogP contribution in [0.3, 0.4) is 0 Å². The molecule has 74 valence electrons. The summed E-state index contributed by atoms with van der Waals surface area (Å²) in [6.45, 7) is 0. The van der Waals surface area contributed by atoms with Crippen molar-refractivity contribution in [2.45, 2.75) is 0 Å². The van der Waals surface area contributed by atoms with Gasteiger partial charge in [0.1, 0.15) is 22.5 Å². The van der Waals surface area contributed by atoms with Crippen molar-refractivity contribution in [3.8, 4) is 17.3 Å². The van der Waals surface area contributed by atoms with Gasteiger partial charge in [0, 0.05) is 5.56 Å². The van der Waals surface area contributed by atoms with Crippen molar-refractivity contribution in [3.63, 3.8) is 0 Å². The van der Waals surface area contributed by atoms with E-state index in [9.17, 15) is 4.39 Å². The van der Waals surface area contributed by atoms with E-state index in [-0.39, 0.29) is 5.82 Å². The van der Waals surface area contributed by atoms with Gasteiger partial charge in [-0.1, -0.05) is 23.5 Å². The zero-order valence-corrected chi connectivity index (χ0v) is 8.38. The summed E-state index contributed by atoms with van der Waals surface area (Å²) in [5, 5.41) is 9.14. The van der Waals surface area contributed by atoms with Gasteiger partial charge in [-0.05, 0) is 12.1 Å². The molecule has 0 fully saturated rings. The van der Waals surface area contributed by atoms with E-state index in [4.69, 9.17) is 11.0 Å². The monoisotopic (exact) mass is 219 g/mol. The lowest BCUT2D eigenvalue weighted by atomic mass is 10.1. The van der Waals surface area contributed by atoms with E-state index < -0.39 is 0 Å². The summed E-state index contributed by atoms with van der Waals surface area (Å²) in [6, 6.07) is 7.92. The molecule has 0 aliphatic rings. The maximum absolute atomic E-state index is 13.0. The van der Waals surface area contributed by atoms with Crippen LogP contribution in [0.25, 0.3) is 11.3 Å². The van der Waals surface area contributed by atoms with Gasteiger partial charge in [-0.25, -0.2) is 9.37 Å². The molecule has 0 saturated heterocycles. The first-order valence-corrected chi connectivity index (χ1v) is 4.94. The highest BCUT2D eigenvalue weighted by atomic mass is 32.1. The molecule has 0 bridgehead atoms. The molecule has 1 aromatic heterocycles. The highest BCUT2D eigenvalue weighted by Gasteiger charge is 2.11. The number of benzene rings is 1. The second kappa shape index (κ2) is 3.67. The summed E-state index contributed by atoms with van der Waals surface area (Å²) >= 11 is 1.10. The van der Waals surface area contributed by atoms with Crippen LogP contribution in [0.4, 0.5) is 9.52 Å². The maximum atomic E-state index is 13.0. The minimum absolute atomic E-state index is 0.311. The van der Waals surface area contributed by atoms with Crippen molar-refractivity contribution in [2.75, 3.05) is 5.73 Å². The number of halogens is 1. The van der Waals surface area contributed by atoms with Gasteiger partial charge < -0.3 is 5.73 Å². The third kappa shape index (κ3) is 1.80. The lowest BCUT2D eigenvalue weighted by molar-refractivity contribution is 0.628. The zero-order chi connectivity index (χ0) is 10.8. The predicted molar refractivity (Wildman–Crippen MR) is 56.6 cm³/mol. The number of rotatable bonds is 1. The number of anilines is 1. The van der Waals surface area contributed by atoms with Crippen molar-refractivity contribution >= 4 is 16.5 Å². The first-order chi connectivity index (χ1) is 7.20. The van der Waals surface area contributed by atoms with Crippen LogP contribution in [0.1, 0.15) is 4.88 Å². The van der Waals surface area contributed by atoms with Crippen LogP contribution in [0, 0.1) is 17.1 Å². The van der Waals surface area contributed by atoms with Crippen LogP contribution in [0.5, 0.6) is 0 Å². The molecule has 0 spiro atoms. The molecule has 5 heteroatoms. The maximum Gasteiger partial charge on any atom is 0.181 e. The van der Waals surface area contributed by atoms with Gasteiger partial charge in [-0.15, -0.1) is 0 Å². The highest BCUT2D eigenvalue weighted by molar-refractivity contribution is 7.16. The van der Waals surface area contributed by atoms with Gasteiger partial charge in [-0.3, -0.25) is 0 Å². The van der Waals surface area contributed by atoms with E-state index in [0.29, 0.717) is 21.3 Å². The minimum atomic E-state index is -0.358. The predicted octanol–water partition coefficient (Wildman–Crippen LogP) is 2.40. The van der Waals surface area contributed by atoms with Crippen molar-refractivity contribution < 1.29 is 4.39 Å². The Bertz CT molecular complexity index is 542. The molecule has 0 amide bonds. The number of hydrogen-bond acceptors (Lipinski definition) is 4. The van der Waals surface area contributed by atoms with Crippen LogP contribution in [0.15, 0.2) is 24.3 Å². The Kier molecular flexibility index (Phi) is 2.35. The van der Waals surface area contributed by atoms with E-state index in [2.05, 4.69) is 4.98 Å². The van der Waals surface area contributed by atoms with Gasteiger partial charge in [0.15, 0.2) is 5.13 Å². The van der Waals surface area contributed by atoms with E-state index >= 15 is 0 Å². The number of hydrogen-bond donors (Lipinski definition) is 1. The van der Waals surface area contributed by atoms with Gasteiger partial charge in [0.25, 0.3) is 0 Å². The average molecular weight is 219 g/mol. The van der Waals surface area contributed by atoms with Crippen LogP contribution in [-0.4, -0.2) is 4.98 Å². The summed E-state index contributed by atoms with van der Waals surface area (Å²) in [6.07, 6.45) is 0. The molecule has 0 atom stereocenters. The summed E-state index contributed by atoms with van der Waals surface area (Å²) in [4.78, 5) is 4.40. The molecule has 2 rings (SSSR count). The largest absolute Gasteiger partial charge is 0.375 e. The van der Waals surface area contributed by atoms with Crippen molar-refractivity contribution in [3.05, 3.63) is 35.0 Å². The Morgan fingerprint density at radius 3 is 2.93 bits per heavy atom. The Balaban J connectivity index is 2.59. The van der Waals surface area contributed by atoms with E-state index in [1.165, 1.54) is 12.1 Å². The average Bonchev–Trinajstić information content (AvgIpc) is 2.59. The number of nitrogen functional groups attached to an aromatic ring is 1. The normalized spacial score (nSPS) is 9.87. The smallest absolute Gasteiger partial charge is 0.181 e. The number of nitrogens with two attached hydrogens (primary N) is 1. The fourth-order valence-electron chi connectivity index (χ4n) is 1.24. The molecule has 0 unspecified atom stereocenters. The third-order valence-corrected chi connectivity index (χ3v) is 2.63. The van der Waals surface area contributed by atoms with E-state index in [1.807, 2.05) is 6.07 Å². The van der Waals surface area contributed by atoms with Gasteiger partial charge in [0.05, 0.1) is 0 Å². The van der Waals surface area contributed by atoms with Crippen LogP contribution >= 0.6 is 11.3 Å². The number of thiazole rings is 1. The lowest BCUT2D eigenvalue weighted by Gasteiger charge is -1.96. The number of nitriles is 1. The van der Waals surface area contributed by atoms with Crippen LogP contribution in [-0.2, 0) is 0 Å². The zero-order valence-electron chi connectivity index (χ0n) is 7.57. The van der Waals surface area contributed by atoms with E-state index in [1.54, 1.807) is 12.1 Å². The fourth-order valence-corrected chi connectivity index (χ4v) is 1.90. The van der Waals surface area contributed by atoms with Crippen molar-refractivity contribution in [1.82, 2.24) is 4.98 Å². The second-order valence-corrected chi connectivity index (χ2v) is 3.88. The van der Waals surface area contributed by atoms with Gasteiger partial charge in [-0.2, -0.15) is 5.26 Å². The van der Waals surface area contributed by atoms with Gasteiger partial charge in [0.2, 0.25) is 0 Å². The second-order valence-electron chi connectivity index (χ2n) is 2.85. The number of aromatic nitrogens is 1. The molecule has 0 saturated carbocycles. The lowest BCUT2D eigenvalue weighted by Crippen LogP contribution is -1.85. The topological polar surface area (TPSA) is 62.7 Å². The first-order valence-electron chi connectivity index (χ1n) is 4.13. The Hall–Kier alpha value is -1.93. The van der Waals surface area contributed by atoms with Gasteiger partial charge >= 0.3 is 0 Å². The molecule has 3 nitrogen and oxygen atoms in total. The molecular formula is C10H6FN3S. The summed E-state index contributed by atoms with van der Waals surface area (Å²) < 4.78 is 13.0. The molecule has 2 N–H and O–H groups in total. The molecule has 2 aromatic rings. The van der Waals surface area contributed by atoms with Crippen molar-refractivity contribution in [2.24, 2.45) is 0 Å². The Morgan fingerprint density at radius 1 is 1.47 bits per heavy atom. The minimum Gasteiger partial charge on any atom is -0.375 e.